The zero-order valence-electron chi connectivity index (χ0n) is 14.1. The standard InChI is InChI=1S/C16H19FN4O2S2/c1-9(2)7-18-15-20-21-16(25-15)24-8-14(23)12-5-4-11(6-13(12)17)19-10(3)22/h4-6,9H,7-8H2,1-3H3,(H,18,20)(H,19,22). The van der Waals surface area contributed by atoms with E-state index in [2.05, 4.69) is 34.7 Å². The third-order valence-electron chi connectivity index (χ3n) is 2.98. The van der Waals surface area contributed by atoms with Crippen LogP contribution in [0.1, 0.15) is 31.1 Å². The zero-order valence-corrected chi connectivity index (χ0v) is 15.8. The minimum Gasteiger partial charge on any atom is -0.360 e. The average Bonchev–Trinajstić information content (AvgIpc) is 2.98. The Hall–Kier alpha value is -2.00. The van der Waals surface area contributed by atoms with Crippen LogP contribution in [0.2, 0.25) is 0 Å². The molecule has 0 atom stereocenters. The van der Waals surface area contributed by atoms with Crippen LogP contribution < -0.4 is 10.6 Å². The fraction of sp³-hybridized carbons (Fsp3) is 0.375. The summed E-state index contributed by atoms with van der Waals surface area (Å²) >= 11 is 2.58. The number of rotatable bonds is 8. The van der Waals surface area contributed by atoms with Gasteiger partial charge in [-0.2, -0.15) is 0 Å². The number of hydrogen-bond acceptors (Lipinski definition) is 7. The van der Waals surface area contributed by atoms with Crippen LogP contribution >= 0.6 is 23.1 Å². The van der Waals surface area contributed by atoms with Crippen molar-refractivity contribution in [2.75, 3.05) is 22.9 Å². The molecule has 6 nitrogen and oxygen atoms in total. The molecule has 134 valence electrons. The maximum Gasteiger partial charge on any atom is 0.221 e. The molecule has 2 N–H and O–H groups in total. The van der Waals surface area contributed by atoms with E-state index < -0.39 is 5.82 Å². The van der Waals surface area contributed by atoms with Gasteiger partial charge in [0.2, 0.25) is 11.0 Å². The number of carbonyl (C=O) groups excluding carboxylic acids is 2. The molecular weight excluding hydrogens is 363 g/mol. The molecule has 0 aliphatic rings. The van der Waals surface area contributed by atoms with Gasteiger partial charge in [-0.05, 0) is 24.1 Å². The number of anilines is 2. The maximum atomic E-state index is 14.0. The van der Waals surface area contributed by atoms with Crippen LogP contribution in [0.3, 0.4) is 0 Å². The predicted molar refractivity (Wildman–Crippen MR) is 99.0 cm³/mol. The van der Waals surface area contributed by atoms with Gasteiger partial charge in [0.1, 0.15) is 5.82 Å². The molecule has 1 aromatic carbocycles. The summed E-state index contributed by atoms with van der Waals surface area (Å²) < 4.78 is 14.7. The van der Waals surface area contributed by atoms with Gasteiger partial charge < -0.3 is 10.6 Å². The lowest BCUT2D eigenvalue weighted by atomic mass is 10.1. The van der Waals surface area contributed by atoms with Crippen LogP contribution in [0, 0.1) is 11.7 Å². The molecule has 25 heavy (non-hydrogen) atoms. The van der Waals surface area contributed by atoms with Gasteiger partial charge in [0.15, 0.2) is 10.1 Å². The Labute approximate surface area is 153 Å². The number of ketones is 1. The molecule has 0 saturated heterocycles. The van der Waals surface area contributed by atoms with E-state index in [-0.39, 0.29) is 23.0 Å². The lowest BCUT2D eigenvalue weighted by Crippen LogP contribution is -2.09. The summed E-state index contributed by atoms with van der Waals surface area (Å²) in [6, 6.07) is 4.01. The van der Waals surface area contributed by atoms with Gasteiger partial charge in [0.25, 0.3) is 0 Å². The van der Waals surface area contributed by atoms with E-state index in [1.54, 1.807) is 0 Å². The molecule has 1 aromatic heterocycles. The van der Waals surface area contributed by atoms with Crippen molar-refractivity contribution >= 4 is 45.6 Å². The van der Waals surface area contributed by atoms with Crippen LogP contribution in [0.4, 0.5) is 15.2 Å². The molecule has 1 amide bonds. The van der Waals surface area contributed by atoms with E-state index in [0.717, 1.165) is 12.6 Å². The Bertz CT molecular complexity index is 764. The normalized spacial score (nSPS) is 10.8. The second-order valence-corrected chi connectivity index (χ2v) is 7.94. The quantitative estimate of drug-likeness (QED) is 0.535. The molecule has 0 radical (unpaired) electrons. The molecule has 0 saturated carbocycles. The van der Waals surface area contributed by atoms with Crippen LogP contribution in [0.25, 0.3) is 0 Å². The number of halogens is 1. The van der Waals surface area contributed by atoms with E-state index in [9.17, 15) is 14.0 Å². The molecule has 1 heterocycles. The summed E-state index contributed by atoms with van der Waals surface area (Å²) in [5, 5.41) is 14.4. The highest BCUT2D eigenvalue weighted by Gasteiger charge is 2.15. The van der Waals surface area contributed by atoms with Crippen LogP contribution in [-0.2, 0) is 4.79 Å². The second-order valence-electron chi connectivity index (χ2n) is 5.74. The molecule has 0 unspecified atom stereocenters. The summed E-state index contributed by atoms with van der Waals surface area (Å²) in [4.78, 5) is 23.2. The van der Waals surface area contributed by atoms with Crippen molar-refractivity contribution in [1.29, 1.82) is 0 Å². The number of hydrogen-bond donors (Lipinski definition) is 2. The first-order valence-corrected chi connectivity index (χ1v) is 9.46. The molecule has 2 aromatic rings. The van der Waals surface area contributed by atoms with Crippen molar-refractivity contribution in [1.82, 2.24) is 10.2 Å². The van der Waals surface area contributed by atoms with Crippen molar-refractivity contribution in [3.63, 3.8) is 0 Å². The largest absolute Gasteiger partial charge is 0.360 e. The molecular formula is C16H19FN4O2S2. The minimum atomic E-state index is -0.659. The van der Waals surface area contributed by atoms with E-state index >= 15 is 0 Å². The van der Waals surface area contributed by atoms with E-state index in [0.29, 0.717) is 21.1 Å². The number of amides is 1. The summed E-state index contributed by atoms with van der Waals surface area (Å²) in [5.74, 6) is -0.746. The lowest BCUT2D eigenvalue weighted by molar-refractivity contribution is -0.114. The SMILES string of the molecule is CC(=O)Nc1ccc(C(=O)CSc2nnc(NCC(C)C)s2)c(F)c1. The third kappa shape index (κ3) is 6.09. The number of carbonyl (C=O) groups is 2. The molecule has 2 rings (SSSR count). The predicted octanol–water partition coefficient (Wildman–Crippen LogP) is 3.68. The van der Waals surface area contributed by atoms with Gasteiger partial charge >= 0.3 is 0 Å². The van der Waals surface area contributed by atoms with Gasteiger partial charge in [0, 0.05) is 19.2 Å². The number of Topliss-reactive ketones (excluding diaryl/α,β-unsaturated/α-hetero) is 1. The summed E-state index contributed by atoms with van der Waals surface area (Å²) in [6.45, 7) is 6.31. The Morgan fingerprint density at radius 3 is 2.72 bits per heavy atom. The fourth-order valence-electron chi connectivity index (χ4n) is 1.86. The number of nitrogens with zero attached hydrogens (tertiary/aromatic N) is 2. The first kappa shape index (κ1) is 19.3. The number of nitrogens with one attached hydrogen (secondary N) is 2. The summed E-state index contributed by atoms with van der Waals surface area (Å²) in [6.07, 6.45) is 0. The first-order valence-electron chi connectivity index (χ1n) is 7.65. The Balaban J connectivity index is 1.93. The van der Waals surface area contributed by atoms with Gasteiger partial charge in [-0.25, -0.2) is 4.39 Å². The van der Waals surface area contributed by atoms with Crippen LogP contribution in [0.15, 0.2) is 22.5 Å². The lowest BCUT2D eigenvalue weighted by Gasteiger charge is -2.05. The van der Waals surface area contributed by atoms with E-state index in [4.69, 9.17) is 0 Å². The second kappa shape index (κ2) is 8.91. The number of benzene rings is 1. The van der Waals surface area contributed by atoms with Gasteiger partial charge in [-0.1, -0.05) is 36.9 Å². The van der Waals surface area contributed by atoms with Crippen molar-refractivity contribution in [2.45, 2.75) is 25.1 Å². The number of aromatic nitrogens is 2. The van der Waals surface area contributed by atoms with Crippen molar-refractivity contribution in [3.05, 3.63) is 29.6 Å². The average molecular weight is 382 g/mol. The number of thioether (sulfide) groups is 1. The van der Waals surface area contributed by atoms with E-state index in [1.165, 1.54) is 42.2 Å². The summed E-state index contributed by atoms with van der Waals surface area (Å²) in [5.41, 5.74) is 0.309. The molecule has 0 fully saturated rings. The Morgan fingerprint density at radius 1 is 1.32 bits per heavy atom. The van der Waals surface area contributed by atoms with Gasteiger partial charge in [-0.15, -0.1) is 10.2 Å². The monoisotopic (exact) mass is 382 g/mol. The van der Waals surface area contributed by atoms with Crippen LogP contribution in [0.5, 0.6) is 0 Å². The molecule has 0 aliphatic carbocycles. The first-order chi connectivity index (χ1) is 11.8. The molecule has 0 bridgehead atoms. The smallest absolute Gasteiger partial charge is 0.221 e. The Kier molecular flexibility index (Phi) is 6.89. The molecule has 9 heteroatoms. The minimum absolute atomic E-state index is 0.00993. The highest BCUT2D eigenvalue weighted by Crippen LogP contribution is 2.27. The van der Waals surface area contributed by atoms with Gasteiger partial charge in [0.05, 0.1) is 11.3 Å². The topological polar surface area (TPSA) is 84.0 Å². The van der Waals surface area contributed by atoms with Crippen molar-refractivity contribution < 1.29 is 14.0 Å². The fourth-order valence-corrected chi connectivity index (χ4v) is 3.50. The third-order valence-corrected chi connectivity index (χ3v) is 5.00. The maximum absolute atomic E-state index is 14.0. The zero-order chi connectivity index (χ0) is 18.4. The van der Waals surface area contributed by atoms with Gasteiger partial charge in [-0.3, -0.25) is 9.59 Å². The van der Waals surface area contributed by atoms with Crippen molar-refractivity contribution in [3.8, 4) is 0 Å². The Morgan fingerprint density at radius 2 is 2.08 bits per heavy atom. The van der Waals surface area contributed by atoms with Crippen molar-refractivity contribution in [2.24, 2.45) is 5.92 Å². The molecule has 0 spiro atoms. The molecule has 0 aliphatic heterocycles. The highest BCUT2D eigenvalue weighted by atomic mass is 32.2. The summed E-state index contributed by atoms with van der Waals surface area (Å²) in [7, 11) is 0. The highest BCUT2D eigenvalue weighted by molar-refractivity contribution is 8.01. The van der Waals surface area contributed by atoms with Crippen LogP contribution in [-0.4, -0.2) is 34.2 Å². The van der Waals surface area contributed by atoms with E-state index in [1.807, 2.05) is 0 Å².